The van der Waals surface area contributed by atoms with Gasteiger partial charge in [0, 0.05) is 42.0 Å². The molecule has 5 aliphatic rings. The van der Waals surface area contributed by atoms with Crippen molar-refractivity contribution < 1.29 is 14.9 Å². The lowest BCUT2D eigenvalue weighted by Gasteiger charge is -2.63. The summed E-state index contributed by atoms with van der Waals surface area (Å²) in [5.74, 6) is 1.49. The topological polar surface area (TPSA) is 70.2 Å². The summed E-state index contributed by atoms with van der Waals surface area (Å²) in [4.78, 5) is 6.79. The summed E-state index contributed by atoms with van der Waals surface area (Å²) >= 11 is 4.86. The van der Waals surface area contributed by atoms with Crippen molar-refractivity contribution >= 4 is 34.0 Å². The van der Waals surface area contributed by atoms with Crippen LogP contribution in [0.1, 0.15) is 53.3 Å². The van der Waals surface area contributed by atoms with Gasteiger partial charge in [0.05, 0.1) is 27.6 Å². The smallest absolute Gasteiger partial charge is 0.166 e. The average molecular weight is 562 g/mol. The van der Waals surface area contributed by atoms with Gasteiger partial charge in [-0.25, -0.2) is 0 Å². The number of aromatic nitrogens is 1. The number of piperidine rings is 1. The summed E-state index contributed by atoms with van der Waals surface area (Å²) in [6, 6.07) is 20.5. The molecule has 9 rings (SSSR count). The fourth-order valence-corrected chi connectivity index (χ4v) is 9.04. The molecule has 0 amide bonds. The summed E-state index contributed by atoms with van der Waals surface area (Å²) in [6.07, 6.45) is 4.36. The first-order valence-corrected chi connectivity index (χ1v) is 15.2. The second kappa shape index (κ2) is 8.30. The molecule has 1 aromatic heterocycles. The number of likely N-dealkylation sites (tertiary alicyclic amines) is 1. The van der Waals surface area contributed by atoms with Crippen LogP contribution >= 0.6 is 12.2 Å². The van der Waals surface area contributed by atoms with E-state index in [0.717, 1.165) is 59.9 Å². The van der Waals surface area contributed by atoms with E-state index < -0.39 is 17.1 Å². The van der Waals surface area contributed by atoms with Crippen LogP contribution in [0.2, 0.25) is 0 Å². The molecule has 7 heteroatoms. The number of aliphatic hydroxyl groups is 1. The molecule has 2 N–H and O–H groups in total. The van der Waals surface area contributed by atoms with Crippen LogP contribution in [0.4, 0.5) is 5.69 Å². The molecule has 1 saturated heterocycles. The zero-order valence-electron chi connectivity index (χ0n) is 22.7. The number of nitrogens with zero attached hydrogens (tertiary/aromatic N) is 3. The summed E-state index contributed by atoms with van der Waals surface area (Å²) in [7, 11) is 0. The SMILES string of the molecule is Oc1ccc2c3c1O[C@H]1c4c(c5ccccc5n4Cc4cccc(N=C=S)c4)C[C@@]4(O)[C@H](C2)N(CC2CC2)CC[C@]314. The first-order chi connectivity index (χ1) is 20.0. The number of aliphatic imine (C=N–C) groups is 1. The van der Waals surface area contributed by atoms with Gasteiger partial charge in [-0.05, 0) is 91.3 Å². The number of aromatic hydroxyl groups is 1. The van der Waals surface area contributed by atoms with Gasteiger partial charge in [0.15, 0.2) is 17.6 Å². The van der Waals surface area contributed by atoms with E-state index in [9.17, 15) is 10.2 Å². The van der Waals surface area contributed by atoms with E-state index in [4.69, 9.17) is 17.0 Å². The highest BCUT2D eigenvalue weighted by Gasteiger charge is 2.73. The normalized spacial score (nSPS) is 29.0. The molecule has 2 bridgehead atoms. The quantitative estimate of drug-likeness (QED) is 0.237. The number of phenolic OH excluding ortho intramolecular Hbond substituents is 1. The van der Waals surface area contributed by atoms with E-state index in [-0.39, 0.29) is 11.8 Å². The highest BCUT2D eigenvalue weighted by molar-refractivity contribution is 7.78. The number of benzene rings is 3. The molecule has 2 aliphatic heterocycles. The maximum atomic E-state index is 13.2. The maximum Gasteiger partial charge on any atom is 0.166 e. The van der Waals surface area contributed by atoms with Crippen LogP contribution in [0.5, 0.6) is 11.5 Å². The minimum absolute atomic E-state index is 0.0189. The van der Waals surface area contributed by atoms with Crippen molar-refractivity contribution in [1.82, 2.24) is 9.47 Å². The van der Waals surface area contributed by atoms with Crippen molar-refractivity contribution in [2.24, 2.45) is 10.9 Å². The Labute approximate surface area is 243 Å². The van der Waals surface area contributed by atoms with Crippen molar-refractivity contribution in [3.63, 3.8) is 0 Å². The zero-order valence-corrected chi connectivity index (χ0v) is 23.5. The van der Waals surface area contributed by atoms with Crippen molar-refractivity contribution in [2.75, 3.05) is 13.1 Å². The molecule has 6 nitrogen and oxygen atoms in total. The Balaban J connectivity index is 1.29. The third-order valence-corrected chi connectivity index (χ3v) is 10.8. The van der Waals surface area contributed by atoms with Crippen LogP contribution in [0.25, 0.3) is 10.9 Å². The first kappa shape index (κ1) is 24.2. The highest BCUT2D eigenvalue weighted by atomic mass is 32.1. The fourth-order valence-electron chi connectivity index (χ4n) is 8.93. The summed E-state index contributed by atoms with van der Waals surface area (Å²) in [5.41, 5.74) is 5.98. The van der Waals surface area contributed by atoms with Crippen molar-refractivity contribution in [1.29, 1.82) is 0 Å². The Hall–Kier alpha value is -3.48. The Morgan fingerprint density at radius 1 is 1.10 bits per heavy atom. The molecule has 3 aliphatic carbocycles. The largest absolute Gasteiger partial charge is 0.504 e. The van der Waals surface area contributed by atoms with E-state index in [1.54, 1.807) is 6.07 Å². The molecule has 206 valence electrons. The molecule has 2 fully saturated rings. The van der Waals surface area contributed by atoms with E-state index in [0.29, 0.717) is 18.7 Å². The number of ether oxygens (including phenoxy) is 1. The maximum absolute atomic E-state index is 13.2. The second-order valence-corrected chi connectivity index (χ2v) is 12.9. The van der Waals surface area contributed by atoms with Gasteiger partial charge in [0.25, 0.3) is 0 Å². The van der Waals surface area contributed by atoms with Crippen LogP contribution in [0.15, 0.2) is 65.7 Å². The predicted molar refractivity (Wildman–Crippen MR) is 160 cm³/mol. The molecular formula is C34H31N3O3S. The number of hydrogen-bond acceptors (Lipinski definition) is 6. The Bertz CT molecular complexity index is 1820. The molecule has 3 aromatic carbocycles. The van der Waals surface area contributed by atoms with Gasteiger partial charge >= 0.3 is 0 Å². The monoisotopic (exact) mass is 561 g/mol. The third-order valence-electron chi connectivity index (χ3n) is 10.8. The van der Waals surface area contributed by atoms with Crippen molar-refractivity contribution in [3.8, 4) is 11.5 Å². The second-order valence-electron chi connectivity index (χ2n) is 12.8. The highest BCUT2D eigenvalue weighted by Crippen LogP contribution is 2.69. The summed E-state index contributed by atoms with van der Waals surface area (Å²) in [6.45, 7) is 2.63. The average Bonchev–Trinajstić information content (AvgIpc) is 3.65. The predicted octanol–water partition coefficient (Wildman–Crippen LogP) is 5.83. The molecule has 4 aromatic rings. The number of hydrogen-bond donors (Lipinski definition) is 2. The molecule has 3 heterocycles. The number of thiocarbonyl (C=S) groups is 1. The van der Waals surface area contributed by atoms with Crippen LogP contribution < -0.4 is 4.74 Å². The van der Waals surface area contributed by atoms with Gasteiger partial charge in [-0.2, -0.15) is 4.99 Å². The fraction of sp³-hybridized carbons (Fsp3) is 0.382. The lowest BCUT2D eigenvalue weighted by Crippen LogP contribution is -2.74. The Morgan fingerprint density at radius 2 is 1.98 bits per heavy atom. The van der Waals surface area contributed by atoms with Gasteiger partial charge in [0.1, 0.15) is 0 Å². The van der Waals surface area contributed by atoms with Crippen LogP contribution in [0.3, 0.4) is 0 Å². The Morgan fingerprint density at radius 3 is 2.83 bits per heavy atom. The van der Waals surface area contributed by atoms with E-state index >= 15 is 0 Å². The molecule has 1 saturated carbocycles. The minimum Gasteiger partial charge on any atom is -0.504 e. The van der Waals surface area contributed by atoms with Gasteiger partial charge in [-0.1, -0.05) is 36.4 Å². The van der Waals surface area contributed by atoms with Gasteiger partial charge in [-0.3, -0.25) is 4.90 Å². The molecule has 0 radical (unpaired) electrons. The lowest BCUT2D eigenvalue weighted by molar-refractivity contribution is -0.173. The first-order valence-electron chi connectivity index (χ1n) is 14.8. The summed E-state index contributed by atoms with van der Waals surface area (Å²) < 4.78 is 9.29. The van der Waals surface area contributed by atoms with E-state index in [2.05, 4.69) is 62.1 Å². The minimum atomic E-state index is -0.993. The number of isothiocyanates is 1. The van der Waals surface area contributed by atoms with Crippen LogP contribution in [0, 0.1) is 5.92 Å². The van der Waals surface area contributed by atoms with Crippen molar-refractivity contribution in [3.05, 3.63) is 88.6 Å². The van der Waals surface area contributed by atoms with E-state index in [1.165, 1.54) is 29.4 Å². The standard InChI is InChI=1S/C34H31N3O3S/c38-27-11-10-22-15-28-34(39)16-25-24-6-1-2-7-26(24)37(18-21-4-3-5-23(14-21)35-19-41)30(25)32-33(34,29(22)31(27)40-32)12-13-36(28)17-20-8-9-20/h1-7,10-11,14,20,28,32,38-39H,8-9,12-13,15-18H2/t28-,32-,33-,34+/m0/s1. The molecule has 0 unspecified atom stereocenters. The van der Waals surface area contributed by atoms with Gasteiger partial charge in [0.2, 0.25) is 0 Å². The van der Waals surface area contributed by atoms with Crippen LogP contribution in [-0.2, 0) is 24.8 Å². The van der Waals surface area contributed by atoms with Gasteiger partial charge < -0.3 is 19.5 Å². The zero-order chi connectivity index (χ0) is 27.5. The number of rotatable bonds is 5. The number of para-hydroxylation sites is 1. The van der Waals surface area contributed by atoms with Crippen LogP contribution in [-0.4, -0.2) is 49.6 Å². The molecule has 1 spiro atoms. The molecular weight excluding hydrogens is 530 g/mol. The van der Waals surface area contributed by atoms with Crippen molar-refractivity contribution in [2.45, 2.75) is 61.8 Å². The van der Waals surface area contributed by atoms with Gasteiger partial charge in [-0.15, -0.1) is 0 Å². The third kappa shape index (κ3) is 3.10. The lowest BCUT2D eigenvalue weighted by atomic mass is 9.49. The number of fused-ring (bicyclic) bond motifs is 4. The summed E-state index contributed by atoms with van der Waals surface area (Å²) in [5, 5.41) is 27.9. The Kier molecular flexibility index (Phi) is 4.89. The molecule has 4 atom stereocenters. The molecule has 41 heavy (non-hydrogen) atoms. The number of phenols is 1. The van der Waals surface area contributed by atoms with E-state index in [1.807, 2.05) is 12.1 Å².